The van der Waals surface area contributed by atoms with Crippen molar-refractivity contribution in [3.8, 4) is 11.4 Å². The van der Waals surface area contributed by atoms with Gasteiger partial charge < -0.3 is 20.5 Å². The van der Waals surface area contributed by atoms with Crippen molar-refractivity contribution < 1.29 is 9.59 Å². The molecular formula is C24H27Cl2N5O2. The van der Waals surface area contributed by atoms with Crippen molar-refractivity contribution in [1.82, 2.24) is 14.5 Å². The summed E-state index contributed by atoms with van der Waals surface area (Å²) in [7, 11) is 2.03. The van der Waals surface area contributed by atoms with Crippen LogP contribution in [0.1, 0.15) is 18.4 Å². The van der Waals surface area contributed by atoms with Crippen molar-refractivity contribution in [3.05, 3.63) is 48.0 Å². The summed E-state index contributed by atoms with van der Waals surface area (Å²) in [6.07, 6.45) is 1.46. The normalized spacial score (nSPS) is 15.5. The molecule has 2 amide bonds. The molecule has 1 fully saturated rings. The van der Waals surface area contributed by atoms with E-state index in [0.717, 1.165) is 34.2 Å². The van der Waals surface area contributed by atoms with E-state index in [1.165, 1.54) is 10.9 Å². The second kappa shape index (κ2) is 9.55. The number of halogens is 2. The Balaban J connectivity index is 0.00000153. The molecule has 7 nitrogen and oxygen atoms in total. The molecule has 3 heterocycles. The largest absolute Gasteiger partial charge is 0.330 e. The Hall–Kier alpha value is -2.87. The van der Waals surface area contributed by atoms with Gasteiger partial charge in [-0.05, 0) is 49.6 Å². The molecule has 0 aliphatic carbocycles. The smallest absolute Gasteiger partial charge is 0.247 e. The van der Waals surface area contributed by atoms with Crippen LogP contribution in [0.15, 0.2) is 42.5 Å². The molecule has 0 unspecified atom stereocenters. The molecule has 1 saturated heterocycles. The summed E-state index contributed by atoms with van der Waals surface area (Å²) in [5, 5.41) is 5.19. The number of carbonyl (C=O) groups is 2. The van der Waals surface area contributed by atoms with Crippen LogP contribution in [-0.4, -0.2) is 45.4 Å². The van der Waals surface area contributed by atoms with Crippen LogP contribution in [0.5, 0.6) is 0 Å². The first-order chi connectivity index (χ1) is 15.0. The lowest BCUT2D eigenvalue weighted by Gasteiger charge is -2.23. The molecule has 0 aromatic heterocycles. The zero-order chi connectivity index (χ0) is 21.7. The third-order valence-electron chi connectivity index (χ3n) is 6.40. The number of likely N-dealkylation sites (tertiary alicyclic amines) is 1. The molecule has 3 aliphatic rings. The van der Waals surface area contributed by atoms with E-state index in [4.69, 9.17) is 10.7 Å². The van der Waals surface area contributed by atoms with E-state index in [1.54, 1.807) is 4.90 Å². The topological polar surface area (TPSA) is 93.2 Å². The molecule has 0 bridgehead atoms. The molecule has 5 rings (SSSR count). The van der Waals surface area contributed by atoms with E-state index < -0.39 is 6.04 Å². The minimum absolute atomic E-state index is 0. The molecule has 2 aromatic carbocycles. The Morgan fingerprint density at radius 1 is 1.15 bits per heavy atom. The first-order valence-corrected chi connectivity index (χ1v) is 10.6. The van der Waals surface area contributed by atoms with E-state index in [2.05, 4.69) is 28.9 Å². The number of para-hydroxylation sites is 1. The highest BCUT2D eigenvalue weighted by Crippen LogP contribution is 2.38. The van der Waals surface area contributed by atoms with Crippen LogP contribution in [0, 0.1) is 6.92 Å². The number of pyridine rings is 1. The highest BCUT2D eigenvalue weighted by atomic mass is 35.5. The zero-order valence-electron chi connectivity index (χ0n) is 18.5. The van der Waals surface area contributed by atoms with Crippen molar-refractivity contribution in [3.63, 3.8) is 0 Å². The predicted molar refractivity (Wildman–Crippen MR) is 136 cm³/mol. The third kappa shape index (κ3) is 4.01. The second-order valence-corrected chi connectivity index (χ2v) is 8.18. The van der Waals surface area contributed by atoms with Crippen LogP contribution in [-0.2, 0) is 16.6 Å². The Morgan fingerprint density at radius 3 is 2.67 bits per heavy atom. The molecule has 0 spiro atoms. The maximum absolute atomic E-state index is 12.9. The van der Waals surface area contributed by atoms with Crippen molar-refractivity contribution in [2.24, 2.45) is 12.8 Å². The molecule has 1 atom stereocenters. The first-order valence-electron chi connectivity index (χ1n) is 10.6. The van der Waals surface area contributed by atoms with Crippen molar-refractivity contribution in [2.75, 3.05) is 18.4 Å². The lowest BCUT2D eigenvalue weighted by molar-refractivity contribution is -0.135. The van der Waals surface area contributed by atoms with Gasteiger partial charge >= 0.3 is 0 Å². The number of carbonyl (C=O) groups excluding carboxylic acids is 2. The summed E-state index contributed by atoms with van der Waals surface area (Å²) in [5.74, 6) is 0.565. The molecule has 0 saturated carbocycles. The monoisotopic (exact) mass is 487 g/mol. The SMILES string of the molecule is Cc1c2c3cc(NC(=O)[C@@H]4CCCN4C(=O)CN)ccc3nc-2n(C)c2ccccc12.Cl.Cl. The molecule has 2 aromatic rings. The lowest BCUT2D eigenvalue weighted by Crippen LogP contribution is -2.45. The number of aryl methyl sites for hydroxylation is 2. The van der Waals surface area contributed by atoms with Gasteiger partial charge in [-0.15, -0.1) is 24.8 Å². The summed E-state index contributed by atoms with van der Waals surface area (Å²) in [4.78, 5) is 31.4. The Kier molecular flexibility index (Phi) is 7.17. The van der Waals surface area contributed by atoms with Gasteiger partial charge in [0.05, 0.1) is 12.1 Å². The number of rotatable bonds is 3. The fraction of sp³-hybridized carbons (Fsp3) is 0.292. The number of nitrogens with zero attached hydrogens (tertiary/aromatic N) is 3. The van der Waals surface area contributed by atoms with Gasteiger partial charge in [0.1, 0.15) is 11.9 Å². The molecule has 174 valence electrons. The maximum atomic E-state index is 12.9. The van der Waals surface area contributed by atoms with E-state index in [1.807, 2.05) is 37.4 Å². The number of nitrogens with one attached hydrogen (secondary N) is 1. The van der Waals surface area contributed by atoms with E-state index in [-0.39, 0.29) is 43.2 Å². The Bertz CT molecular complexity index is 1320. The van der Waals surface area contributed by atoms with Crippen LogP contribution in [0.3, 0.4) is 0 Å². The van der Waals surface area contributed by atoms with Crippen LogP contribution in [0.4, 0.5) is 5.69 Å². The van der Waals surface area contributed by atoms with Crippen LogP contribution >= 0.6 is 24.8 Å². The van der Waals surface area contributed by atoms with Gasteiger partial charge in [0.15, 0.2) is 0 Å². The van der Waals surface area contributed by atoms with Gasteiger partial charge in [-0.3, -0.25) is 9.59 Å². The quantitative estimate of drug-likeness (QED) is 0.458. The predicted octanol–water partition coefficient (Wildman–Crippen LogP) is 3.87. The van der Waals surface area contributed by atoms with E-state index in [9.17, 15) is 9.59 Å². The maximum Gasteiger partial charge on any atom is 0.247 e. The van der Waals surface area contributed by atoms with Crippen molar-refractivity contribution in [1.29, 1.82) is 0 Å². The minimum atomic E-state index is -0.468. The lowest BCUT2D eigenvalue weighted by atomic mass is 10.00. The molecule has 9 heteroatoms. The van der Waals surface area contributed by atoms with Gasteiger partial charge in [-0.25, -0.2) is 4.98 Å². The summed E-state index contributed by atoms with van der Waals surface area (Å²) in [6, 6.07) is 13.6. The minimum Gasteiger partial charge on any atom is -0.330 e. The van der Waals surface area contributed by atoms with E-state index in [0.29, 0.717) is 18.7 Å². The second-order valence-electron chi connectivity index (χ2n) is 8.18. The highest BCUT2D eigenvalue weighted by molar-refractivity contribution is 6.06. The zero-order valence-corrected chi connectivity index (χ0v) is 20.1. The molecule has 3 N–H and O–H groups in total. The third-order valence-corrected chi connectivity index (χ3v) is 6.40. The van der Waals surface area contributed by atoms with Gasteiger partial charge in [0.25, 0.3) is 0 Å². The fourth-order valence-corrected chi connectivity index (χ4v) is 4.83. The Labute approximate surface area is 204 Å². The van der Waals surface area contributed by atoms with E-state index >= 15 is 0 Å². The van der Waals surface area contributed by atoms with Gasteiger partial charge in [0, 0.05) is 41.1 Å². The van der Waals surface area contributed by atoms with Crippen LogP contribution < -0.4 is 11.1 Å². The number of fused-ring (bicyclic) bond motifs is 4. The number of hydrogen-bond donors (Lipinski definition) is 2. The summed E-state index contributed by atoms with van der Waals surface area (Å²) in [6.45, 7) is 2.62. The summed E-state index contributed by atoms with van der Waals surface area (Å²) in [5.41, 5.74) is 10.5. The van der Waals surface area contributed by atoms with Gasteiger partial charge in [0.2, 0.25) is 11.8 Å². The summed E-state index contributed by atoms with van der Waals surface area (Å²) >= 11 is 0. The molecule has 3 aliphatic heterocycles. The fourth-order valence-electron chi connectivity index (χ4n) is 4.83. The number of anilines is 1. The number of benzene rings is 2. The number of amides is 2. The van der Waals surface area contributed by atoms with Crippen LogP contribution in [0.2, 0.25) is 0 Å². The first kappa shape index (κ1) is 24.8. The standard InChI is InChI=1S/C24H25N5O2.2ClH/c1-14-16-6-3-4-7-19(16)28(2)23-22(14)17-12-15(9-10-18(17)27-23)26-24(31)20-8-5-11-29(20)21(30)13-25;;/h3-4,6-7,9-10,12,20H,5,8,11,13,25H2,1-2H3,(H,26,31);2*1H/t20-;;/m0../s1. The number of nitrogens with two attached hydrogens (primary N) is 1. The van der Waals surface area contributed by atoms with Crippen molar-refractivity contribution >= 4 is 64.1 Å². The summed E-state index contributed by atoms with van der Waals surface area (Å²) < 4.78 is 2.12. The number of hydrogen-bond acceptors (Lipinski definition) is 4. The molecule has 33 heavy (non-hydrogen) atoms. The molecule has 0 radical (unpaired) electrons. The van der Waals surface area contributed by atoms with Gasteiger partial charge in [-0.1, -0.05) is 18.2 Å². The average molecular weight is 488 g/mol. The highest BCUT2D eigenvalue weighted by Gasteiger charge is 2.33. The molecular weight excluding hydrogens is 461 g/mol. The van der Waals surface area contributed by atoms with Crippen LogP contribution in [0.25, 0.3) is 33.2 Å². The average Bonchev–Trinajstić information content (AvgIpc) is 3.42. The Morgan fingerprint density at radius 2 is 1.91 bits per heavy atom. The number of aromatic nitrogens is 2. The van der Waals surface area contributed by atoms with Crippen molar-refractivity contribution in [2.45, 2.75) is 25.8 Å². The van der Waals surface area contributed by atoms with Gasteiger partial charge in [-0.2, -0.15) is 0 Å².